The summed E-state index contributed by atoms with van der Waals surface area (Å²) >= 11 is 0. The molecule has 0 N–H and O–H groups in total. The van der Waals surface area contributed by atoms with E-state index >= 15 is 0 Å². The van der Waals surface area contributed by atoms with Crippen LogP contribution in [0.5, 0.6) is 0 Å². The van der Waals surface area contributed by atoms with Crippen LogP contribution in [-0.4, -0.2) is 5.97 Å². The summed E-state index contributed by atoms with van der Waals surface area (Å²) in [7, 11) is 0. The molecule has 64 valence electrons. The largest absolute Gasteiger partial charge is 0.545 e. The predicted molar refractivity (Wildman–Crippen MR) is 35.4 cm³/mol. The van der Waals surface area contributed by atoms with Crippen LogP contribution in [0.1, 0.15) is 15.9 Å². The highest BCUT2D eigenvalue weighted by molar-refractivity contribution is 5.86. The molecule has 4 heteroatoms. The zero-order chi connectivity index (χ0) is 9.30. The van der Waals surface area contributed by atoms with Crippen LogP contribution < -0.4 is 5.11 Å². The zero-order valence-electron chi connectivity index (χ0n) is 6.23. The molecule has 1 aromatic rings. The fraction of sp³-hybridized carbons (Fsp3) is 0.125. The zero-order valence-corrected chi connectivity index (χ0v) is 6.23. The minimum Gasteiger partial charge on any atom is -0.545 e. The number of halogens is 2. The van der Waals surface area contributed by atoms with Crippen LogP contribution in [0.2, 0.25) is 0 Å². The number of carboxylic acids is 1. The molecule has 0 saturated heterocycles. The van der Waals surface area contributed by atoms with Gasteiger partial charge in [0.25, 0.3) is 0 Å². The van der Waals surface area contributed by atoms with Crippen molar-refractivity contribution in [3.8, 4) is 0 Å². The summed E-state index contributed by atoms with van der Waals surface area (Å²) in [6, 6.07) is 1.88. The average molecular weight is 171 g/mol. The molecule has 1 aromatic carbocycles. The van der Waals surface area contributed by atoms with Gasteiger partial charge in [0.15, 0.2) is 0 Å². The first-order valence-electron chi connectivity index (χ1n) is 3.19. The molecule has 0 aliphatic rings. The van der Waals surface area contributed by atoms with E-state index in [1.165, 1.54) is 6.92 Å². The SMILES string of the molecule is Cc1cc(F)c(C(=O)[O-])c(F)c1. The summed E-state index contributed by atoms with van der Waals surface area (Å²) < 4.78 is 25.4. The van der Waals surface area contributed by atoms with E-state index in [9.17, 15) is 18.7 Å². The average Bonchev–Trinajstić information content (AvgIpc) is 1.82. The minimum absolute atomic E-state index is 0.329. The summed E-state index contributed by atoms with van der Waals surface area (Å²) in [5.74, 6) is -4.05. The Morgan fingerprint density at radius 3 is 2.08 bits per heavy atom. The molecule has 0 heterocycles. The standard InChI is InChI=1S/C8H6F2O2/c1-4-2-5(9)7(8(11)12)6(10)3-4/h2-3H,1H3,(H,11,12)/p-1. The Labute approximate surface area is 67.4 Å². The van der Waals surface area contributed by atoms with Gasteiger partial charge in [-0.15, -0.1) is 0 Å². The topological polar surface area (TPSA) is 40.1 Å². The molecule has 12 heavy (non-hydrogen) atoms. The van der Waals surface area contributed by atoms with Crippen molar-refractivity contribution >= 4 is 5.97 Å². The Balaban J connectivity index is 3.38. The maximum atomic E-state index is 12.7. The van der Waals surface area contributed by atoms with Gasteiger partial charge in [-0.3, -0.25) is 0 Å². The van der Waals surface area contributed by atoms with Crippen molar-refractivity contribution in [2.45, 2.75) is 6.92 Å². The molecular weight excluding hydrogens is 166 g/mol. The molecular formula is C8H5F2O2-. The van der Waals surface area contributed by atoms with Crippen LogP contribution >= 0.6 is 0 Å². The molecule has 0 aliphatic carbocycles. The lowest BCUT2D eigenvalue weighted by Gasteiger charge is -2.05. The molecule has 0 amide bonds. The van der Waals surface area contributed by atoms with E-state index in [1.54, 1.807) is 0 Å². The van der Waals surface area contributed by atoms with Crippen molar-refractivity contribution < 1.29 is 18.7 Å². The lowest BCUT2D eigenvalue weighted by Crippen LogP contribution is -2.25. The summed E-state index contributed by atoms with van der Waals surface area (Å²) in [6.07, 6.45) is 0. The first kappa shape index (κ1) is 8.64. The number of carbonyl (C=O) groups is 1. The number of aromatic carboxylic acids is 1. The Bertz CT molecular complexity index is 311. The maximum absolute atomic E-state index is 12.7. The van der Waals surface area contributed by atoms with Gasteiger partial charge in [-0.25, -0.2) is 8.78 Å². The highest BCUT2D eigenvalue weighted by Gasteiger charge is 2.09. The van der Waals surface area contributed by atoms with Gasteiger partial charge < -0.3 is 9.90 Å². The van der Waals surface area contributed by atoms with Crippen molar-refractivity contribution in [1.29, 1.82) is 0 Å². The fourth-order valence-electron chi connectivity index (χ4n) is 0.895. The first-order chi connectivity index (χ1) is 5.52. The van der Waals surface area contributed by atoms with E-state index in [0.29, 0.717) is 5.56 Å². The third kappa shape index (κ3) is 1.42. The molecule has 0 unspecified atom stereocenters. The van der Waals surface area contributed by atoms with Crippen LogP contribution in [-0.2, 0) is 0 Å². The summed E-state index contributed by atoms with van der Waals surface area (Å²) in [5.41, 5.74) is -0.685. The highest BCUT2D eigenvalue weighted by atomic mass is 19.1. The highest BCUT2D eigenvalue weighted by Crippen LogP contribution is 2.13. The Hall–Kier alpha value is -1.45. The van der Waals surface area contributed by atoms with Crippen LogP contribution in [0.15, 0.2) is 12.1 Å². The van der Waals surface area contributed by atoms with E-state index in [4.69, 9.17) is 0 Å². The van der Waals surface area contributed by atoms with E-state index < -0.39 is 23.2 Å². The lowest BCUT2D eigenvalue weighted by molar-refractivity contribution is -0.255. The van der Waals surface area contributed by atoms with E-state index in [-0.39, 0.29) is 0 Å². The van der Waals surface area contributed by atoms with Crippen LogP contribution in [0.25, 0.3) is 0 Å². The van der Waals surface area contributed by atoms with Crippen molar-refractivity contribution in [3.05, 3.63) is 34.9 Å². The van der Waals surface area contributed by atoms with Gasteiger partial charge in [-0.1, -0.05) is 0 Å². The van der Waals surface area contributed by atoms with Crippen molar-refractivity contribution in [3.63, 3.8) is 0 Å². The van der Waals surface area contributed by atoms with Gasteiger partial charge in [-0.05, 0) is 24.6 Å². The van der Waals surface area contributed by atoms with Gasteiger partial charge >= 0.3 is 0 Å². The number of carboxylic acid groups (broad SMARTS) is 1. The molecule has 0 saturated carbocycles. The Morgan fingerprint density at radius 2 is 1.75 bits per heavy atom. The number of hydrogen-bond donors (Lipinski definition) is 0. The monoisotopic (exact) mass is 171 g/mol. The second kappa shape index (κ2) is 2.89. The molecule has 0 fully saturated rings. The second-order valence-corrected chi connectivity index (χ2v) is 2.39. The van der Waals surface area contributed by atoms with Gasteiger partial charge in [0.1, 0.15) is 11.6 Å². The Morgan fingerprint density at radius 1 is 1.33 bits per heavy atom. The quantitative estimate of drug-likeness (QED) is 0.622. The van der Waals surface area contributed by atoms with Gasteiger partial charge in [-0.2, -0.15) is 0 Å². The van der Waals surface area contributed by atoms with Gasteiger partial charge in [0.2, 0.25) is 0 Å². The minimum atomic E-state index is -1.84. The van der Waals surface area contributed by atoms with E-state index in [1.807, 2.05) is 0 Å². The molecule has 2 nitrogen and oxygen atoms in total. The molecule has 0 bridgehead atoms. The molecule has 0 atom stereocenters. The van der Waals surface area contributed by atoms with Crippen LogP contribution in [0.4, 0.5) is 8.78 Å². The number of rotatable bonds is 1. The molecule has 0 radical (unpaired) electrons. The van der Waals surface area contributed by atoms with Crippen molar-refractivity contribution in [1.82, 2.24) is 0 Å². The summed E-state index contributed by atoms with van der Waals surface area (Å²) in [5, 5.41) is 10.2. The van der Waals surface area contributed by atoms with Crippen molar-refractivity contribution in [2.24, 2.45) is 0 Å². The molecule has 0 aromatic heterocycles. The molecule has 1 rings (SSSR count). The third-order valence-electron chi connectivity index (χ3n) is 1.39. The summed E-state index contributed by atoms with van der Waals surface area (Å²) in [6.45, 7) is 1.46. The first-order valence-corrected chi connectivity index (χ1v) is 3.19. The lowest BCUT2D eigenvalue weighted by atomic mass is 10.1. The molecule has 0 aliphatic heterocycles. The molecule has 0 spiro atoms. The maximum Gasteiger partial charge on any atom is 0.135 e. The van der Waals surface area contributed by atoms with Crippen LogP contribution in [0, 0.1) is 18.6 Å². The van der Waals surface area contributed by atoms with Gasteiger partial charge in [0.05, 0.1) is 11.5 Å². The summed E-state index contributed by atoms with van der Waals surface area (Å²) in [4.78, 5) is 10.2. The van der Waals surface area contributed by atoms with E-state index in [0.717, 1.165) is 12.1 Å². The second-order valence-electron chi connectivity index (χ2n) is 2.39. The number of benzene rings is 1. The number of aryl methyl sites for hydroxylation is 1. The van der Waals surface area contributed by atoms with Gasteiger partial charge in [0, 0.05) is 0 Å². The number of carbonyl (C=O) groups excluding carboxylic acids is 1. The van der Waals surface area contributed by atoms with Crippen molar-refractivity contribution in [2.75, 3.05) is 0 Å². The normalized spacial score (nSPS) is 9.92. The smallest absolute Gasteiger partial charge is 0.135 e. The fourth-order valence-corrected chi connectivity index (χ4v) is 0.895. The number of hydrogen-bond acceptors (Lipinski definition) is 2. The van der Waals surface area contributed by atoms with Crippen LogP contribution in [0.3, 0.4) is 0 Å². The predicted octanol–water partition coefficient (Wildman–Crippen LogP) is 0.637. The Kier molecular flexibility index (Phi) is 2.08. The van der Waals surface area contributed by atoms with E-state index in [2.05, 4.69) is 0 Å². The third-order valence-corrected chi connectivity index (χ3v) is 1.39.